The number of unbranched alkanes of at least 4 members (excludes halogenated alkanes) is 1. The van der Waals surface area contributed by atoms with Crippen molar-refractivity contribution < 1.29 is 9.53 Å². The first-order valence-corrected chi connectivity index (χ1v) is 11.5. The van der Waals surface area contributed by atoms with Crippen LogP contribution in [-0.2, 0) is 4.43 Å². The number of aliphatic hydroxyl groups is 1. The lowest BCUT2D eigenvalue weighted by Crippen LogP contribution is -2.40. The van der Waals surface area contributed by atoms with E-state index in [1.807, 2.05) is 0 Å². The van der Waals surface area contributed by atoms with E-state index in [4.69, 9.17) is 4.43 Å². The van der Waals surface area contributed by atoms with Gasteiger partial charge < -0.3 is 9.53 Å². The summed E-state index contributed by atoms with van der Waals surface area (Å²) >= 11 is 0. The minimum absolute atomic E-state index is 0.274. The first-order chi connectivity index (χ1) is 9.74. The lowest BCUT2D eigenvalue weighted by Gasteiger charge is -2.36. The van der Waals surface area contributed by atoms with Gasteiger partial charge in [0.15, 0.2) is 8.32 Å². The van der Waals surface area contributed by atoms with Gasteiger partial charge in [-0.05, 0) is 43.3 Å². The van der Waals surface area contributed by atoms with E-state index in [0.717, 1.165) is 32.3 Å². The molecule has 21 heavy (non-hydrogen) atoms. The molecular weight excluding hydrogens is 276 g/mol. The van der Waals surface area contributed by atoms with Crippen molar-refractivity contribution in [2.75, 3.05) is 6.61 Å². The van der Waals surface area contributed by atoms with Crippen molar-refractivity contribution in [2.24, 2.45) is 5.92 Å². The fourth-order valence-electron chi connectivity index (χ4n) is 2.45. The Morgan fingerprint density at radius 2 is 1.81 bits per heavy atom. The van der Waals surface area contributed by atoms with Crippen molar-refractivity contribution in [1.29, 1.82) is 0 Å². The maximum Gasteiger partial charge on any atom is 0.191 e. The van der Waals surface area contributed by atoms with Crippen LogP contribution in [0.4, 0.5) is 0 Å². The van der Waals surface area contributed by atoms with E-state index in [1.165, 1.54) is 19.3 Å². The molecule has 0 spiro atoms. The normalized spacial score (nSPS) is 19.0. The molecule has 1 unspecified atom stereocenters. The summed E-state index contributed by atoms with van der Waals surface area (Å²) < 4.78 is 6.13. The topological polar surface area (TPSA) is 29.5 Å². The second-order valence-corrected chi connectivity index (χ2v) is 12.7. The summed E-state index contributed by atoms with van der Waals surface area (Å²) in [6.45, 7) is 12.2. The fraction of sp³-hybridized carbons (Fsp3) is 0.889. The Kier molecular flexibility index (Phi) is 7.46. The molecule has 3 heteroatoms. The van der Waals surface area contributed by atoms with Crippen LogP contribution in [0.25, 0.3) is 0 Å². The van der Waals surface area contributed by atoms with Crippen molar-refractivity contribution in [3.05, 3.63) is 0 Å². The van der Waals surface area contributed by atoms with Crippen molar-refractivity contribution in [3.63, 3.8) is 0 Å². The van der Waals surface area contributed by atoms with Crippen LogP contribution in [0.15, 0.2) is 0 Å². The molecule has 0 aliphatic heterocycles. The molecule has 1 saturated carbocycles. The molecule has 0 radical (unpaired) electrons. The Balaban J connectivity index is 2.21. The van der Waals surface area contributed by atoms with Gasteiger partial charge in [-0.15, -0.1) is 5.92 Å². The van der Waals surface area contributed by atoms with Gasteiger partial charge in [-0.25, -0.2) is 0 Å². The molecule has 122 valence electrons. The molecule has 1 N–H and O–H groups in total. The van der Waals surface area contributed by atoms with E-state index in [-0.39, 0.29) is 5.04 Å². The van der Waals surface area contributed by atoms with Gasteiger partial charge in [-0.3, -0.25) is 0 Å². The third-order valence-corrected chi connectivity index (χ3v) is 9.60. The van der Waals surface area contributed by atoms with Gasteiger partial charge in [0.25, 0.3) is 0 Å². The Labute approximate surface area is 132 Å². The zero-order valence-electron chi connectivity index (χ0n) is 14.7. The lowest BCUT2D eigenvalue weighted by atomic mass is 9.85. The molecule has 2 nitrogen and oxygen atoms in total. The highest BCUT2D eigenvalue weighted by atomic mass is 28.4. The van der Waals surface area contributed by atoms with E-state index in [0.29, 0.717) is 5.92 Å². The summed E-state index contributed by atoms with van der Waals surface area (Å²) in [5, 5.41) is 10.3. The van der Waals surface area contributed by atoms with Crippen LogP contribution in [0, 0.1) is 17.8 Å². The van der Waals surface area contributed by atoms with E-state index in [1.54, 1.807) is 0 Å². The molecule has 0 saturated heterocycles. The SMILES string of the molecule is CC(C)(C)[Si](C)(C)OCCCC#CC(O)C1CCCCC1. The smallest absolute Gasteiger partial charge is 0.191 e. The first kappa shape index (κ1) is 18.7. The first-order valence-electron chi connectivity index (χ1n) is 8.54. The van der Waals surface area contributed by atoms with E-state index >= 15 is 0 Å². The zero-order chi connectivity index (χ0) is 15.9. The standard InChI is InChI=1S/C18H34O2Si/c1-18(2,3)21(4,5)20-15-11-7-10-14-17(19)16-12-8-6-9-13-16/h16-17,19H,6-9,11-13,15H2,1-5H3. The van der Waals surface area contributed by atoms with Crippen LogP contribution in [0.2, 0.25) is 18.1 Å². The van der Waals surface area contributed by atoms with Crippen molar-refractivity contribution in [2.45, 2.75) is 90.0 Å². The molecule has 1 fully saturated rings. The molecule has 0 aromatic rings. The summed E-state index contributed by atoms with van der Waals surface area (Å²) in [5.74, 6) is 6.60. The number of hydrogen-bond donors (Lipinski definition) is 1. The molecule has 1 rings (SSSR count). The average molecular weight is 311 g/mol. The van der Waals surface area contributed by atoms with Gasteiger partial charge in [-0.1, -0.05) is 46.0 Å². The molecule has 1 aliphatic rings. The molecular formula is C18H34O2Si. The van der Waals surface area contributed by atoms with Crippen molar-refractivity contribution >= 4 is 8.32 Å². The highest BCUT2D eigenvalue weighted by molar-refractivity contribution is 6.74. The molecule has 1 aliphatic carbocycles. The molecule has 1 atom stereocenters. The number of hydrogen-bond acceptors (Lipinski definition) is 2. The molecule has 0 bridgehead atoms. The maximum atomic E-state index is 10.1. The minimum Gasteiger partial charge on any atom is -0.417 e. The monoisotopic (exact) mass is 310 g/mol. The van der Waals surface area contributed by atoms with Gasteiger partial charge >= 0.3 is 0 Å². The lowest BCUT2D eigenvalue weighted by molar-refractivity contribution is 0.133. The molecule has 0 amide bonds. The number of rotatable bonds is 5. The van der Waals surface area contributed by atoms with E-state index in [9.17, 15) is 5.11 Å². The Morgan fingerprint density at radius 1 is 1.19 bits per heavy atom. The Morgan fingerprint density at radius 3 is 2.38 bits per heavy atom. The molecule has 0 aromatic heterocycles. The third kappa shape index (κ3) is 6.55. The molecule has 0 heterocycles. The Bertz CT molecular complexity index is 354. The molecule has 0 aromatic carbocycles. The second kappa shape index (κ2) is 8.36. The predicted molar refractivity (Wildman–Crippen MR) is 92.7 cm³/mol. The minimum atomic E-state index is -1.61. The van der Waals surface area contributed by atoms with E-state index in [2.05, 4.69) is 45.7 Å². The van der Waals surface area contributed by atoms with Gasteiger partial charge in [0.1, 0.15) is 6.10 Å². The number of aliphatic hydroxyl groups excluding tert-OH is 1. The van der Waals surface area contributed by atoms with E-state index < -0.39 is 14.4 Å². The van der Waals surface area contributed by atoms with Gasteiger partial charge in [0, 0.05) is 13.0 Å². The average Bonchev–Trinajstić information content (AvgIpc) is 2.42. The summed E-state index contributed by atoms with van der Waals surface area (Å²) in [4.78, 5) is 0. The second-order valence-electron chi connectivity index (χ2n) is 7.88. The van der Waals surface area contributed by atoms with Crippen molar-refractivity contribution in [3.8, 4) is 11.8 Å². The maximum absolute atomic E-state index is 10.1. The van der Waals surface area contributed by atoms with Crippen molar-refractivity contribution in [1.82, 2.24) is 0 Å². The highest BCUT2D eigenvalue weighted by Crippen LogP contribution is 2.36. The summed E-state index contributed by atoms with van der Waals surface area (Å²) in [6.07, 6.45) is 7.51. The van der Waals surface area contributed by atoms with Crippen LogP contribution < -0.4 is 0 Å². The predicted octanol–water partition coefficient (Wildman–Crippen LogP) is 4.73. The quantitative estimate of drug-likeness (QED) is 0.452. The third-order valence-electron chi connectivity index (χ3n) is 5.06. The Hall–Kier alpha value is -0.303. The van der Waals surface area contributed by atoms with Crippen LogP contribution in [-0.4, -0.2) is 26.1 Å². The van der Waals surface area contributed by atoms with Gasteiger partial charge in [0.2, 0.25) is 0 Å². The van der Waals surface area contributed by atoms with Crippen LogP contribution in [0.5, 0.6) is 0 Å². The zero-order valence-corrected chi connectivity index (χ0v) is 15.7. The summed E-state index contributed by atoms with van der Waals surface area (Å²) in [7, 11) is -1.61. The van der Waals surface area contributed by atoms with Gasteiger partial charge in [0.05, 0.1) is 0 Å². The van der Waals surface area contributed by atoms with Crippen LogP contribution in [0.3, 0.4) is 0 Å². The van der Waals surface area contributed by atoms with Crippen LogP contribution >= 0.6 is 0 Å². The summed E-state index contributed by atoms with van der Waals surface area (Å²) in [6, 6.07) is 0. The summed E-state index contributed by atoms with van der Waals surface area (Å²) in [5.41, 5.74) is 0. The highest BCUT2D eigenvalue weighted by Gasteiger charge is 2.36. The fourth-order valence-corrected chi connectivity index (χ4v) is 3.54. The largest absolute Gasteiger partial charge is 0.417 e. The van der Waals surface area contributed by atoms with Crippen LogP contribution in [0.1, 0.15) is 65.7 Å². The van der Waals surface area contributed by atoms with Gasteiger partial charge in [-0.2, -0.15) is 0 Å².